The van der Waals surface area contributed by atoms with Crippen LogP contribution in [0.3, 0.4) is 0 Å². The molecule has 1 aliphatic heterocycles. The molecule has 0 aliphatic carbocycles. The number of hydrogen-bond acceptors (Lipinski definition) is 2. The van der Waals surface area contributed by atoms with Crippen molar-refractivity contribution in [3.05, 3.63) is 24.3 Å². The van der Waals surface area contributed by atoms with Gasteiger partial charge >= 0.3 is 0 Å². The minimum absolute atomic E-state index is 0.861. The SMILES string of the molecule is CCCCCCCCCCCCOc1ccc(N2CCCCCCC2)cc1. The summed E-state index contributed by atoms with van der Waals surface area (Å²) in [6.45, 7) is 5.56. The molecular weight excluding hydrogens is 330 g/mol. The summed E-state index contributed by atoms with van der Waals surface area (Å²) < 4.78 is 5.95. The maximum Gasteiger partial charge on any atom is 0.119 e. The summed E-state index contributed by atoms with van der Waals surface area (Å²) in [7, 11) is 0. The van der Waals surface area contributed by atoms with E-state index in [-0.39, 0.29) is 0 Å². The molecule has 0 atom stereocenters. The van der Waals surface area contributed by atoms with E-state index in [1.807, 2.05) is 0 Å². The fraction of sp³-hybridized carbons (Fsp3) is 0.760. The van der Waals surface area contributed by atoms with Crippen LogP contribution < -0.4 is 9.64 Å². The smallest absolute Gasteiger partial charge is 0.119 e. The van der Waals surface area contributed by atoms with E-state index in [0.29, 0.717) is 0 Å². The first-order valence-corrected chi connectivity index (χ1v) is 11.9. The summed E-state index contributed by atoms with van der Waals surface area (Å²) in [6.07, 6.45) is 20.6. The summed E-state index contributed by atoms with van der Waals surface area (Å²) in [6, 6.07) is 8.81. The molecule has 2 nitrogen and oxygen atoms in total. The molecule has 2 heteroatoms. The quantitative estimate of drug-likeness (QED) is 0.328. The van der Waals surface area contributed by atoms with Gasteiger partial charge in [0, 0.05) is 18.8 Å². The van der Waals surface area contributed by atoms with Crippen LogP contribution in [0.4, 0.5) is 5.69 Å². The lowest BCUT2D eigenvalue weighted by molar-refractivity contribution is 0.304. The summed E-state index contributed by atoms with van der Waals surface area (Å²) in [5, 5.41) is 0. The molecule has 0 spiro atoms. The van der Waals surface area contributed by atoms with Crippen molar-refractivity contribution in [2.45, 2.75) is 103 Å². The zero-order chi connectivity index (χ0) is 19.0. The van der Waals surface area contributed by atoms with Gasteiger partial charge in [-0.25, -0.2) is 0 Å². The van der Waals surface area contributed by atoms with E-state index >= 15 is 0 Å². The lowest BCUT2D eigenvalue weighted by atomic mass is 10.1. The fourth-order valence-electron chi connectivity index (χ4n) is 4.04. The first-order valence-electron chi connectivity index (χ1n) is 11.9. The molecule has 1 aromatic carbocycles. The van der Waals surface area contributed by atoms with Crippen LogP contribution in [0.15, 0.2) is 24.3 Å². The molecule has 1 saturated heterocycles. The Labute approximate surface area is 168 Å². The number of benzene rings is 1. The number of rotatable bonds is 13. The molecular formula is C25H43NO. The van der Waals surface area contributed by atoms with Crippen LogP contribution in [-0.4, -0.2) is 19.7 Å². The van der Waals surface area contributed by atoms with Crippen LogP contribution in [0.1, 0.15) is 103 Å². The van der Waals surface area contributed by atoms with E-state index in [9.17, 15) is 0 Å². The highest BCUT2D eigenvalue weighted by Gasteiger charge is 2.09. The number of unbranched alkanes of at least 4 members (excludes halogenated alkanes) is 9. The number of nitrogens with zero attached hydrogens (tertiary/aromatic N) is 1. The number of hydrogen-bond donors (Lipinski definition) is 0. The molecule has 0 saturated carbocycles. The zero-order valence-corrected chi connectivity index (χ0v) is 17.9. The number of anilines is 1. The average molecular weight is 374 g/mol. The van der Waals surface area contributed by atoms with E-state index in [2.05, 4.69) is 36.1 Å². The van der Waals surface area contributed by atoms with Crippen molar-refractivity contribution in [2.75, 3.05) is 24.6 Å². The monoisotopic (exact) mass is 373 g/mol. The molecule has 0 radical (unpaired) electrons. The Morgan fingerprint density at radius 2 is 1.19 bits per heavy atom. The van der Waals surface area contributed by atoms with Gasteiger partial charge < -0.3 is 9.64 Å². The van der Waals surface area contributed by atoms with Crippen molar-refractivity contribution >= 4 is 5.69 Å². The van der Waals surface area contributed by atoms with E-state index in [1.54, 1.807) is 0 Å². The second-order valence-electron chi connectivity index (χ2n) is 8.28. The molecule has 0 bridgehead atoms. The lowest BCUT2D eigenvalue weighted by Crippen LogP contribution is -2.26. The largest absolute Gasteiger partial charge is 0.494 e. The molecule has 0 unspecified atom stereocenters. The Bertz CT molecular complexity index is 448. The molecule has 1 aliphatic rings. The summed E-state index contributed by atoms with van der Waals surface area (Å²) >= 11 is 0. The third-order valence-electron chi connectivity index (χ3n) is 5.82. The Kier molecular flexibility index (Phi) is 12.1. The highest BCUT2D eigenvalue weighted by Crippen LogP contribution is 2.22. The lowest BCUT2D eigenvalue weighted by Gasteiger charge is -2.27. The van der Waals surface area contributed by atoms with Gasteiger partial charge in [0.05, 0.1) is 6.61 Å². The topological polar surface area (TPSA) is 12.5 Å². The first-order chi connectivity index (χ1) is 13.4. The van der Waals surface area contributed by atoms with Gasteiger partial charge in [-0.2, -0.15) is 0 Å². The van der Waals surface area contributed by atoms with Crippen LogP contribution >= 0.6 is 0 Å². The molecule has 1 aromatic rings. The van der Waals surface area contributed by atoms with Gasteiger partial charge in [-0.1, -0.05) is 84.0 Å². The van der Waals surface area contributed by atoms with E-state index in [0.717, 1.165) is 12.4 Å². The van der Waals surface area contributed by atoms with Crippen molar-refractivity contribution in [3.8, 4) is 5.75 Å². The fourth-order valence-corrected chi connectivity index (χ4v) is 4.04. The van der Waals surface area contributed by atoms with Crippen LogP contribution in [0.5, 0.6) is 5.75 Å². The van der Waals surface area contributed by atoms with E-state index < -0.39 is 0 Å². The minimum atomic E-state index is 0.861. The molecule has 1 fully saturated rings. The standard InChI is InChI=1S/C25H43NO/c1-2-3-4-5-6-7-8-9-13-16-23-27-25-19-17-24(18-20-25)26-21-14-11-10-12-15-22-26/h17-20H,2-16,21-23H2,1H3. The van der Waals surface area contributed by atoms with Crippen LogP contribution in [-0.2, 0) is 0 Å². The Balaban J connectivity index is 1.51. The van der Waals surface area contributed by atoms with Gasteiger partial charge in [0.15, 0.2) is 0 Å². The third kappa shape index (κ3) is 10.1. The van der Waals surface area contributed by atoms with E-state index in [1.165, 1.54) is 115 Å². The third-order valence-corrected chi connectivity index (χ3v) is 5.82. The second-order valence-corrected chi connectivity index (χ2v) is 8.28. The van der Waals surface area contributed by atoms with Crippen LogP contribution in [0, 0.1) is 0 Å². The van der Waals surface area contributed by atoms with Crippen LogP contribution in [0.2, 0.25) is 0 Å². The van der Waals surface area contributed by atoms with Gasteiger partial charge in [-0.3, -0.25) is 0 Å². The Hall–Kier alpha value is -1.18. The highest BCUT2D eigenvalue weighted by molar-refractivity contribution is 5.49. The maximum absolute atomic E-state index is 5.95. The van der Waals surface area contributed by atoms with Crippen molar-refractivity contribution in [1.82, 2.24) is 0 Å². The minimum Gasteiger partial charge on any atom is -0.494 e. The van der Waals surface area contributed by atoms with E-state index in [4.69, 9.17) is 4.74 Å². The summed E-state index contributed by atoms with van der Waals surface area (Å²) in [5.41, 5.74) is 1.36. The van der Waals surface area contributed by atoms with Gasteiger partial charge in [0.1, 0.15) is 5.75 Å². The molecule has 27 heavy (non-hydrogen) atoms. The summed E-state index contributed by atoms with van der Waals surface area (Å²) in [5.74, 6) is 1.03. The molecule has 2 rings (SSSR count). The van der Waals surface area contributed by atoms with Gasteiger partial charge in [-0.05, 0) is 43.5 Å². The summed E-state index contributed by atoms with van der Waals surface area (Å²) in [4.78, 5) is 2.55. The first kappa shape index (κ1) is 22.1. The predicted octanol–water partition coefficient (Wildman–Crippen LogP) is 7.76. The predicted molar refractivity (Wildman–Crippen MR) is 119 cm³/mol. The van der Waals surface area contributed by atoms with Gasteiger partial charge in [-0.15, -0.1) is 0 Å². The Morgan fingerprint density at radius 3 is 1.78 bits per heavy atom. The zero-order valence-electron chi connectivity index (χ0n) is 17.9. The molecule has 154 valence electrons. The van der Waals surface area contributed by atoms with Crippen LogP contribution in [0.25, 0.3) is 0 Å². The van der Waals surface area contributed by atoms with Crippen molar-refractivity contribution < 1.29 is 4.74 Å². The van der Waals surface area contributed by atoms with Crippen molar-refractivity contribution in [2.24, 2.45) is 0 Å². The second kappa shape index (κ2) is 14.8. The maximum atomic E-state index is 5.95. The normalized spacial score (nSPS) is 15.4. The Morgan fingerprint density at radius 1 is 0.667 bits per heavy atom. The molecule has 0 N–H and O–H groups in total. The number of ether oxygens (including phenoxy) is 1. The van der Waals surface area contributed by atoms with Crippen molar-refractivity contribution in [3.63, 3.8) is 0 Å². The van der Waals surface area contributed by atoms with Gasteiger partial charge in [0.2, 0.25) is 0 Å². The van der Waals surface area contributed by atoms with Crippen molar-refractivity contribution in [1.29, 1.82) is 0 Å². The molecule has 1 heterocycles. The molecule has 0 amide bonds. The molecule has 0 aromatic heterocycles. The highest BCUT2D eigenvalue weighted by atomic mass is 16.5. The van der Waals surface area contributed by atoms with Gasteiger partial charge in [0.25, 0.3) is 0 Å². The average Bonchev–Trinajstić information content (AvgIpc) is 2.67.